The third-order valence-electron chi connectivity index (χ3n) is 4.20. The fourth-order valence-corrected chi connectivity index (χ4v) is 4.53. The molecule has 0 spiro atoms. The van der Waals surface area contributed by atoms with Crippen LogP contribution in [0.15, 0.2) is 39.8 Å². The molecule has 0 aliphatic carbocycles. The molecule has 0 bridgehead atoms. The summed E-state index contributed by atoms with van der Waals surface area (Å²) in [4.78, 5) is 18.0. The van der Waals surface area contributed by atoms with Crippen LogP contribution in [0.3, 0.4) is 0 Å². The molecule has 0 atom stereocenters. The van der Waals surface area contributed by atoms with Gasteiger partial charge < -0.3 is 18.8 Å². The quantitative estimate of drug-likeness (QED) is 0.532. The molecule has 0 saturated heterocycles. The van der Waals surface area contributed by atoms with E-state index >= 15 is 0 Å². The second-order valence-corrected chi connectivity index (χ2v) is 7.90. The van der Waals surface area contributed by atoms with Crippen molar-refractivity contribution in [1.82, 2.24) is 4.57 Å². The van der Waals surface area contributed by atoms with Gasteiger partial charge in [0.15, 0.2) is 16.3 Å². The van der Waals surface area contributed by atoms with Crippen molar-refractivity contribution in [2.24, 2.45) is 4.99 Å². The number of aryl methyl sites for hydroxylation is 1. The van der Waals surface area contributed by atoms with Gasteiger partial charge in [-0.05, 0) is 36.8 Å². The number of benzene rings is 2. The fourth-order valence-electron chi connectivity index (χ4n) is 2.93. The maximum absolute atomic E-state index is 12.9. The average molecular weight is 465 g/mol. The summed E-state index contributed by atoms with van der Waals surface area (Å²) >= 11 is 4.99. The number of rotatable bonds is 6. The Morgan fingerprint density at radius 3 is 2.36 bits per heavy atom. The number of hydrogen-bond donors (Lipinski definition) is 0. The van der Waals surface area contributed by atoms with Crippen LogP contribution < -0.4 is 19.0 Å². The van der Waals surface area contributed by atoms with Crippen molar-refractivity contribution in [1.29, 1.82) is 0 Å². The molecule has 0 N–H and O–H groups in total. The highest BCUT2D eigenvalue weighted by Crippen LogP contribution is 2.38. The van der Waals surface area contributed by atoms with Crippen molar-refractivity contribution in [2.75, 3.05) is 21.3 Å². The molecule has 3 rings (SSSR count). The molecule has 1 aromatic heterocycles. The summed E-state index contributed by atoms with van der Waals surface area (Å²) in [5, 5.41) is 0. The Morgan fingerprint density at radius 2 is 1.79 bits per heavy atom. The van der Waals surface area contributed by atoms with Crippen LogP contribution in [-0.2, 0) is 6.54 Å². The van der Waals surface area contributed by atoms with Gasteiger partial charge in [0.25, 0.3) is 5.91 Å². The van der Waals surface area contributed by atoms with Crippen LogP contribution in [0, 0.1) is 0 Å². The van der Waals surface area contributed by atoms with Crippen molar-refractivity contribution in [2.45, 2.75) is 19.9 Å². The van der Waals surface area contributed by atoms with Gasteiger partial charge >= 0.3 is 0 Å². The Bertz CT molecular complexity index is 1060. The molecule has 1 amide bonds. The third kappa shape index (κ3) is 3.93. The predicted molar refractivity (Wildman–Crippen MR) is 114 cm³/mol. The molecule has 0 radical (unpaired) electrons. The molecule has 6 nitrogen and oxygen atoms in total. The summed E-state index contributed by atoms with van der Waals surface area (Å²) in [5.74, 6) is 0.910. The van der Waals surface area contributed by atoms with E-state index in [1.54, 1.807) is 12.1 Å². The van der Waals surface area contributed by atoms with E-state index in [2.05, 4.69) is 32.4 Å². The van der Waals surface area contributed by atoms with Gasteiger partial charge in [-0.1, -0.05) is 34.2 Å². The van der Waals surface area contributed by atoms with Crippen molar-refractivity contribution in [3.05, 3.63) is 45.2 Å². The van der Waals surface area contributed by atoms with Crippen LogP contribution in [0.25, 0.3) is 10.2 Å². The van der Waals surface area contributed by atoms with E-state index in [0.29, 0.717) is 27.6 Å². The average Bonchev–Trinajstić information content (AvgIpc) is 3.02. The molecule has 3 aromatic rings. The minimum atomic E-state index is -0.366. The van der Waals surface area contributed by atoms with Crippen molar-refractivity contribution in [3.63, 3.8) is 0 Å². The Balaban J connectivity index is 2.14. The predicted octanol–water partition coefficient (Wildman–Crippen LogP) is 4.64. The number of hydrogen-bond acceptors (Lipinski definition) is 5. The number of thiazole rings is 1. The number of aromatic nitrogens is 1. The molecule has 2 aromatic carbocycles. The summed E-state index contributed by atoms with van der Waals surface area (Å²) < 4.78 is 20.1. The largest absolute Gasteiger partial charge is 0.493 e. The summed E-state index contributed by atoms with van der Waals surface area (Å²) in [7, 11) is 4.55. The monoisotopic (exact) mass is 464 g/mol. The standard InChI is InChI=1S/C20H21BrN2O4S/c1-5-8-23-14-7-6-13(21)11-17(14)28-20(23)22-19(24)12-9-15(25-2)18(27-4)16(10-12)26-3/h6-7,9-11H,5,8H2,1-4H3. The van der Waals surface area contributed by atoms with Gasteiger partial charge in [-0.3, -0.25) is 4.79 Å². The number of fused-ring (bicyclic) bond motifs is 1. The van der Waals surface area contributed by atoms with Crippen molar-refractivity contribution in [3.8, 4) is 17.2 Å². The molecule has 28 heavy (non-hydrogen) atoms. The molecular weight excluding hydrogens is 444 g/mol. The van der Waals surface area contributed by atoms with E-state index in [1.165, 1.54) is 32.7 Å². The van der Waals surface area contributed by atoms with E-state index in [-0.39, 0.29) is 5.91 Å². The van der Waals surface area contributed by atoms with Gasteiger partial charge in [-0.15, -0.1) is 0 Å². The third-order valence-corrected chi connectivity index (χ3v) is 5.74. The first-order valence-corrected chi connectivity index (χ1v) is 10.3. The zero-order valence-electron chi connectivity index (χ0n) is 16.1. The van der Waals surface area contributed by atoms with Crippen LogP contribution >= 0.6 is 27.3 Å². The maximum atomic E-state index is 12.9. The molecule has 0 saturated carbocycles. The van der Waals surface area contributed by atoms with Gasteiger partial charge in [-0.25, -0.2) is 0 Å². The number of ether oxygens (including phenoxy) is 3. The van der Waals surface area contributed by atoms with Gasteiger partial charge in [-0.2, -0.15) is 4.99 Å². The number of carbonyl (C=O) groups is 1. The second kappa shape index (κ2) is 8.79. The van der Waals surface area contributed by atoms with E-state index < -0.39 is 0 Å². The molecule has 0 unspecified atom stereocenters. The molecule has 1 heterocycles. The second-order valence-electron chi connectivity index (χ2n) is 5.98. The Morgan fingerprint density at radius 1 is 1.11 bits per heavy atom. The van der Waals surface area contributed by atoms with Gasteiger partial charge in [0.2, 0.25) is 5.75 Å². The number of carbonyl (C=O) groups excluding carboxylic acids is 1. The maximum Gasteiger partial charge on any atom is 0.279 e. The zero-order valence-corrected chi connectivity index (χ0v) is 18.5. The smallest absolute Gasteiger partial charge is 0.279 e. The molecule has 0 aliphatic heterocycles. The highest BCUT2D eigenvalue weighted by atomic mass is 79.9. The SMILES string of the molecule is CCCn1c(=NC(=O)c2cc(OC)c(OC)c(OC)c2)sc2cc(Br)ccc21. The molecular formula is C20H21BrN2O4S. The lowest BCUT2D eigenvalue weighted by atomic mass is 10.1. The first-order chi connectivity index (χ1) is 13.5. The van der Waals surface area contributed by atoms with Crippen LogP contribution in [0.4, 0.5) is 0 Å². The van der Waals surface area contributed by atoms with Crippen LogP contribution in [0.1, 0.15) is 23.7 Å². The summed E-state index contributed by atoms with van der Waals surface area (Å²) in [6, 6.07) is 9.29. The Labute approximate surface area is 175 Å². The number of nitrogens with zero attached hydrogens (tertiary/aromatic N) is 2. The van der Waals surface area contributed by atoms with Crippen LogP contribution in [0.2, 0.25) is 0 Å². The van der Waals surface area contributed by atoms with E-state index in [0.717, 1.165) is 27.7 Å². The number of halogens is 1. The minimum absolute atomic E-state index is 0.366. The minimum Gasteiger partial charge on any atom is -0.493 e. The lowest BCUT2D eigenvalue weighted by Crippen LogP contribution is -2.17. The van der Waals surface area contributed by atoms with Crippen molar-refractivity contribution < 1.29 is 19.0 Å². The Hall–Kier alpha value is -2.32. The summed E-state index contributed by atoms with van der Waals surface area (Å²) in [6.45, 7) is 2.88. The van der Waals surface area contributed by atoms with E-state index in [4.69, 9.17) is 14.2 Å². The first-order valence-electron chi connectivity index (χ1n) is 8.70. The molecule has 0 fully saturated rings. The first kappa shape index (κ1) is 20.4. The van der Waals surface area contributed by atoms with Gasteiger partial charge in [0.05, 0.1) is 31.5 Å². The van der Waals surface area contributed by atoms with Crippen molar-refractivity contribution >= 4 is 43.4 Å². The van der Waals surface area contributed by atoms with Crippen LogP contribution in [0.5, 0.6) is 17.2 Å². The Kier molecular flexibility index (Phi) is 6.41. The lowest BCUT2D eigenvalue weighted by molar-refractivity contribution is 0.0997. The van der Waals surface area contributed by atoms with Crippen LogP contribution in [-0.4, -0.2) is 31.8 Å². The zero-order chi connectivity index (χ0) is 20.3. The topological polar surface area (TPSA) is 62.1 Å². The molecule has 148 valence electrons. The summed E-state index contributed by atoms with van der Waals surface area (Å²) in [6.07, 6.45) is 0.938. The lowest BCUT2D eigenvalue weighted by Gasteiger charge is -2.12. The summed E-state index contributed by atoms with van der Waals surface area (Å²) in [5.41, 5.74) is 1.43. The fraction of sp³-hybridized carbons (Fsp3) is 0.300. The number of methoxy groups -OCH3 is 3. The highest BCUT2D eigenvalue weighted by molar-refractivity contribution is 9.10. The van der Waals surface area contributed by atoms with Gasteiger partial charge in [0.1, 0.15) is 0 Å². The molecule has 8 heteroatoms. The van der Waals surface area contributed by atoms with E-state index in [1.807, 2.05) is 18.2 Å². The van der Waals surface area contributed by atoms with Gasteiger partial charge in [0, 0.05) is 16.6 Å². The molecule has 0 aliphatic rings. The van der Waals surface area contributed by atoms with E-state index in [9.17, 15) is 4.79 Å². The number of amides is 1. The normalized spacial score (nSPS) is 11.7. The highest BCUT2D eigenvalue weighted by Gasteiger charge is 2.17.